The zero-order valence-corrected chi connectivity index (χ0v) is 36.0. The van der Waals surface area contributed by atoms with Crippen LogP contribution in [0.3, 0.4) is 0 Å². The van der Waals surface area contributed by atoms with Gasteiger partial charge in [0.1, 0.15) is 0 Å². The van der Waals surface area contributed by atoms with Crippen molar-refractivity contribution in [1.82, 2.24) is 9.97 Å². The number of fused-ring (bicyclic) bond motifs is 2. The Hall–Kier alpha value is -1.65. The fourth-order valence-electron chi connectivity index (χ4n) is 3.05. The van der Waals surface area contributed by atoms with E-state index in [1.54, 1.807) is 19.5 Å². The van der Waals surface area contributed by atoms with E-state index in [0.29, 0.717) is 6.61 Å². The van der Waals surface area contributed by atoms with E-state index in [9.17, 15) is 0 Å². The van der Waals surface area contributed by atoms with E-state index in [-0.39, 0.29) is 80.3 Å². The molecular weight excluding hydrogens is 706 g/mol. The number of aliphatic hydroxyl groups excluding tert-OH is 1. The van der Waals surface area contributed by atoms with Crippen LogP contribution in [-0.4, -0.2) is 29.3 Å². The van der Waals surface area contributed by atoms with Crippen molar-refractivity contribution >= 4 is 21.8 Å². The molecule has 0 fully saturated rings. The zero-order chi connectivity index (χ0) is 31.9. The molecular formula is C39H60N2O2Y2-4. The third kappa shape index (κ3) is 26.1. The minimum atomic E-state index is 0. The number of benzene rings is 3. The van der Waals surface area contributed by atoms with E-state index in [0.717, 1.165) is 40.0 Å². The summed E-state index contributed by atoms with van der Waals surface area (Å²) < 4.78 is 4.93. The van der Waals surface area contributed by atoms with Crippen LogP contribution in [0.5, 0.6) is 0 Å². The average molecular weight is 767 g/mol. The van der Waals surface area contributed by atoms with Gasteiger partial charge in [-0.05, 0) is 30.1 Å². The molecule has 1 N–H and O–H groups in total. The topological polar surface area (TPSA) is 55.2 Å². The Morgan fingerprint density at radius 3 is 1.16 bits per heavy atom. The van der Waals surface area contributed by atoms with Gasteiger partial charge < -0.3 is 24.7 Å². The molecule has 2 radical (unpaired) electrons. The number of hydrogen-bond donors (Lipinski definition) is 1. The van der Waals surface area contributed by atoms with Gasteiger partial charge in [-0.15, -0.1) is 35.0 Å². The third-order valence-electron chi connectivity index (χ3n) is 4.63. The molecule has 248 valence electrons. The number of hydrogen-bond acceptors (Lipinski definition) is 4. The van der Waals surface area contributed by atoms with Crippen LogP contribution in [0, 0.1) is 28.7 Å². The van der Waals surface area contributed by atoms with Gasteiger partial charge in [0.05, 0.1) is 6.61 Å². The quantitative estimate of drug-likeness (QED) is 0.182. The van der Waals surface area contributed by atoms with Gasteiger partial charge in [-0.1, -0.05) is 110 Å². The van der Waals surface area contributed by atoms with E-state index in [4.69, 9.17) is 9.84 Å². The van der Waals surface area contributed by atoms with Crippen LogP contribution in [0.4, 0.5) is 0 Å². The van der Waals surface area contributed by atoms with Gasteiger partial charge in [0.15, 0.2) is 0 Å². The molecule has 2 aromatic heterocycles. The van der Waals surface area contributed by atoms with Crippen LogP contribution in [0.25, 0.3) is 21.8 Å². The molecule has 0 amide bonds. The summed E-state index contributed by atoms with van der Waals surface area (Å²) >= 11 is 0. The van der Waals surface area contributed by atoms with Crippen molar-refractivity contribution in [3.63, 3.8) is 0 Å². The van der Waals surface area contributed by atoms with Crippen molar-refractivity contribution in [2.24, 2.45) is 0 Å². The molecule has 5 aromatic rings. The molecule has 2 heterocycles. The molecule has 5 rings (SSSR count). The van der Waals surface area contributed by atoms with Crippen molar-refractivity contribution in [2.75, 3.05) is 14.2 Å². The fraction of sp³-hybridized carbons (Fsp3) is 0.282. The molecule has 0 aliphatic rings. The first-order valence-electron chi connectivity index (χ1n) is 14.5. The number of aliphatic hydroxyl groups is 1. The summed E-state index contributed by atoms with van der Waals surface area (Å²) in [6.07, 6.45) is 3.56. The Morgan fingerprint density at radius 1 is 0.533 bits per heavy atom. The van der Waals surface area contributed by atoms with E-state index in [2.05, 4.69) is 23.8 Å². The summed E-state index contributed by atoms with van der Waals surface area (Å²) in [5.41, 5.74) is 5.33. The van der Waals surface area contributed by atoms with Gasteiger partial charge in [0, 0.05) is 90.7 Å². The van der Waals surface area contributed by atoms with Crippen molar-refractivity contribution in [1.29, 1.82) is 0 Å². The Morgan fingerprint density at radius 2 is 0.844 bits per heavy atom. The zero-order valence-electron chi connectivity index (χ0n) is 30.3. The van der Waals surface area contributed by atoms with E-state index in [1.165, 1.54) is 5.56 Å². The van der Waals surface area contributed by atoms with E-state index >= 15 is 0 Å². The molecule has 3 aromatic carbocycles. The van der Waals surface area contributed by atoms with Gasteiger partial charge in [-0.25, -0.2) is 0 Å². The summed E-state index contributed by atoms with van der Waals surface area (Å²) in [4.78, 5) is 8.40. The Balaban J connectivity index is -0.0000000815. The summed E-state index contributed by atoms with van der Waals surface area (Å²) in [6.45, 7) is 24.5. The van der Waals surface area contributed by atoms with Gasteiger partial charge >= 0.3 is 0 Å². The number of nitrogens with zero attached hydrogens (tertiary/aromatic N) is 2. The first-order chi connectivity index (χ1) is 20.2. The van der Waals surface area contributed by atoms with Crippen LogP contribution in [0.1, 0.15) is 72.1 Å². The standard InChI is InChI=1S/2C10H8N.C8H10O.4C2H6.CH4O.2CH3.2Y/c2*1-8-6-7-11-10-5-3-2-4-9(8)10;1-9-7-8-5-3-2-4-6-8;5*1-2;;;;/h2*2-7H,1H2;2-6H,7H2,1H3;4*1-2H3;2H,1H3;2*1H3;;/q2*-1;;;;;;;2*-1;;. The fourth-order valence-corrected chi connectivity index (χ4v) is 3.05. The van der Waals surface area contributed by atoms with E-state index in [1.807, 2.05) is 146 Å². The van der Waals surface area contributed by atoms with Gasteiger partial charge in [-0.2, -0.15) is 25.0 Å². The molecule has 0 saturated carbocycles. The number of rotatable bonds is 2. The van der Waals surface area contributed by atoms with Crippen molar-refractivity contribution in [3.05, 3.63) is 149 Å². The second-order valence-corrected chi connectivity index (χ2v) is 6.89. The van der Waals surface area contributed by atoms with Crippen LogP contribution >= 0.6 is 0 Å². The molecule has 0 atom stereocenters. The maximum Gasteiger partial charge on any atom is 0.0713 e. The molecule has 6 heteroatoms. The Bertz CT molecular complexity index is 1150. The normalized spacial score (nSPS) is 7.53. The summed E-state index contributed by atoms with van der Waals surface area (Å²) in [5.74, 6) is 0. The predicted octanol–water partition coefficient (Wildman–Crippen LogP) is 11.3. The van der Waals surface area contributed by atoms with Crippen molar-refractivity contribution in [2.45, 2.75) is 62.0 Å². The van der Waals surface area contributed by atoms with Gasteiger partial charge in [-0.3, -0.25) is 9.97 Å². The van der Waals surface area contributed by atoms with Crippen molar-refractivity contribution in [3.8, 4) is 0 Å². The molecule has 0 saturated heterocycles. The van der Waals surface area contributed by atoms with Gasteiger partial charge in [0.25, 0.3) is 0 Å². The molecule has 0 bridgehead atoms. The summed E-state index contributed by atoms with van der Waals surface area (Å²) in [6, 6.07) is 29.9. The van der Waals surface area contributed by atoms with Crippen LogP contribution < -0.4 is 0 Å². The summed E-state index contributed by atoms with van der Waals surface area (Å²) in [7, 11) is 2.70. The number of aromatic nitrogens is 2. The minimum Gasteiger partial charge on any atom is -0.400 e. The average Bonchev–Trinajstić information content (AvgIpc) is 3.08. The Kier molecular flexibility index (Phi) is 58.2. The first-order valence-corrected chi connectivity index (χ1v) is 14.5. The maximum absolute atomic E-state index is 7.00. The van der Waals surface area contributed by atoms with E-state index < -0.39 is 0 Å². The van der Waals surface area contributed by atoms with Gasteiger partial charge in [0.2, 0.25) is 0 Å². The maximum atomic E-state index is 7.00. The van der Waals surface area contributed by atoms with Crippen LogP contribution in [0.15, 0.2) is 103 Å². The largest absolute Gasteiger partial charge is 0.400 e. The predicted molar refractivity (Wildman–Crippen MR) is 196 cm³/mol. The second-order valence-electron chi connectivity index (χ2n) is 6.89. The molecule has 0 aliphatic carbocycles. The monoisotopic (exact) mass is 766 g/mol. The molecule has 0 unspecified atom stereocenters. The number of para-hydroxylation sites is 2. The number of pyridine rings is 2. The molecule has 45 heavy (non-hydrogen) atoms. The second kappa shape index (κ2) is 44.5. The van der Waals surface area contributed by atoms with Crippen LogP contribution in [-0.2, 0) is 76.8 Å². The summed E-state index contributed by atoms with van der Waals surface area (Å²) in [5, 5.41) is 9.27. The number of ether oxygens (including phenoxy) is 1. The third-order valence-corrected chi connectivity index (χ3v) is 4.63. The van der Waals surface area contributed by atoms with Crippen molar-refractivity contribution < 1.29 is 75.3 Å². The smallest absolute Gasteiger partial charge is 0.0713 e. The van der Waals surface area contributed by atoms with Crippen LogP contribution in [0.2, 0.25) is 0 Å². The SMILES string of the molecule is CC.CC.CC.CC.CO.COCc1ccccc1.[CH2-]c1ccnc2ccccc12.[CH2-]c1ccnc2ccccc12.[CH3-].[CH3-].[Y].[Y]. The minimum absolute atomic E-state index is 0. The molecule has 4 nitrogen and oxygen atoms in total. The molecule has 0 spiro atoms. The first kappa shape index (κ1) is 58.8. The Labute approximate surface area is 329 Å². The molecule has 0 aliphatic heterocycles. The number of methoxy groups -OCH3 is 1.